The van der Waals surface area contributed by atoms with Gasteiger partial charge >= 0.3 is 0 Å². The van der Waals surface area contributed by atoms with E-state index in [1.165, 1.54) is 18.2 Å². The smallest absolute Gasteiger partial charge is 0.142 e. The van der Waals surface area contributed by atoms with E-state index in [1.807, 2.05) is 6.07 Å². The van der Waals surface area contributed by atoms with Crippen LogP contribution in [0.5, 0.6) is 11.5 Å². The standard InChI is InChI=1S/C14H12Cl2FNO/c15-10-2-1-9(5-6-18)14(7-10)19-11-3-4-13(17)12(16)8-11/h1-4,7-8H,5-6,18H2. The fourth-order valence-corrected chi connectivity index (χ4v) is 1.99. The summed E-state index contributed by atoms with van der Waals surface area (Å²) in [5.74, 6) is 0.565. The predicted molar refractivity (Wildman–Crippen MR) is 75.7 cm³/mol. The molecule has 0 aliphatic heterocycles. The Kier molecular flexibility index (Phi) is 4.64. The summed E-state index contributed by atoms with van der Waals surface area (Å²) in [4.78, 5) is 0. The van der Waals surface area contributed by atoms with E-state index >= 15 is 0 Å². The van der Waals surface area contributed by atoms with Gasteiger partial charge in [0.25, 0.3) is 0 Å². The molecule has 2 aromatic rings. The summed E-state index contributed by atoms with van der Waals surface area (Å²) >= 11 is 11.7. The first-order chi connectivity index (χ1) is 9.10. The van der Waals surface area contributed by atoms with Crippen LogP contribution in [-0.2, 0) is 6.42 Å². The summed E-state index contributed by atoms with van der Waals surface area (Å²) in [6.07, 6.45) is 0.668. The number of nitrogens with two attached hydrogens (primary N) is 1. The van der Waals surface area contributed by atoms with E-state index in [0.29, 0.717) is 29.5 Å². The van der Waals surface area contributed by atoms with Gasteiger partial charge in [-0.1, -0.05) is 29.3 Å². The van der Waals surface area contributed by atoms with E-state index in [-0.39, 0.29) is 5.02 Å². The third kappa shape index (κ3) is 3.60. The normalized spacial score (nSPS) is 10.5. The topological polar surface area (TPSA) is 35.2 Å². The van der Waals surface area contributed by atoms with Gasteiger partial charge in [0.2, 0.25) is 0 Å². The van der Waals surface area contributed by atoms with Crippen molar-refractivity contribution in [3.8, 4) is 11.5 Å². The highest BCUT2D eigenvalue weighted by atomic mass is 35.5. The Hall–Kier alpha value is -1.29. The molecule has 100 valence electrons. The summed E-state index contributed by atoms with van der Waals surface area (Å²) in [5, 5.41) is 0.573. The van der Waals surface area contributed by atoms with E-state index < -0.39 is 5.82 Å². The van der Waals surface area contributed by atoms with E-state index in [0.717, 1.165) is 5.56 Å². The van der Waals surface area contributed by atoms with Crippen LogP contribution in [0, 0.1) is 5.82 Å². The van der Waals surface area contributed by atoms with Crippen LogP contribution in [0.1, 0.15) is 5.56 Å². The van der Waals surface area contributed by atoms with Crippen molar-refractivity contribution in [3.05, 3.63) is 57.8 Å². The van der Waals surface area contributed by atoms with Crippen molar-refractivity contribution in [1.82, 2.24) is 0 Å². The molecule has 19 heavy (non-hydrogen) atoms. The van der Waals surface area contributed by atoms with Crippen LogP contribution >= 0.6 is 23.2 Å². The molecule has 0 radical (unpaired) electrons. The average Bonchev–Trinajstić information content (AvgIpc) is 2.37. The zero-order valence-electron chi connectivity index (χ0n) is 10.00. The van der Waals surface area contributed by atoms with Gasteiger partial charge in [0, 0.05) is 11.1 Å². The minimum Gasteiger partial charge on any atom is -0.457 e. The molecule has 0 spiro atoms. The van der Waals surface area contributed by atoms with Crippen LogP contribution in [0.2, 0.25) is 10.0 Å². The van der Waals surface area contributed by atoms with E-state index in [2.05, 4.69) is 0 Å². The Morgan fingerprint density at radius 3 is 2.58 bits per heavy atom. The fraction of sp³-hybridized carbons (Fsp3) is 0.143. The Balaban J connectivity index is 2.30. The maximum Gasteiger partial charge on any atom is 0.142 e. The van der Waals surface area contributed by atoms with Crippen molar-refractivity contribution >= 4 is 23.2 Å². The zero-order valence-corrected chi connectivity index (χ0v) is 11.5. The van der Waals surface area contributed by atoms with Gasteiger partial charge < -0.3 is 10.5 Å². The number of halogens is 3. The number of hydrogen-bond acceptors (Lipinski definition) is 2. The molecule has 0 aliphatic rings. The van der Waals surface area contributed by atoms with E-state index in [4.69, 9.17) is 33.7 Å². The lowest BCUT2D eigenvalue weighted by Crippen LogP contribution is -2.04. The minimum absolute atomic E-state index is 0.0138. The predicted octanol–water partition coefficient (Wildman–Crippen LogP) is 4.43. The van der Waals surface area contributed by atoms with Gasteiger partial charge in [-0.2, -0.15) is 0 Å². The van der Waals surface area contributed by atoms with Crippen LogP contribution in [0.4, 0.5) is 4.39 Å². The summed E-state index contributed by atoms with van der Waals surface area (Å²) in [7, 11) is 0. The second-order valence-electron chi connectivity index (χ2n) is 3.97. The largest absolute Gasteiger partial charge is 0.457 e. The molecule has 5 heteroatoms. The van der Waals surface area contributed by atoms with E-state index in [1.54, 1.807) is 12.1 Å². The molecule has 0 aliphatic carbocycles. The Labute approximate surface area is 120 Å². The summed E-state index contributed by atoms with van der Waals surface area (Å²) in [6, 6.07) is 9.51. The summed E-state index contributed by atoms with van der Waals surface area (Å²) < 4.78 is 18.8. The van der Waals surface area contributed by atoms with Crippen molar-refractivity contribution in [2.45, 2.75) is 6.42 Å². The lowest BCUT2D eigenvalue weighted by molar-refractivity contribution is 0.474. The molecule has 2 rings (SSSR count). The van der Waals surface area contributed by atoms with Crippen molar-refractivity contribution in [2.75, 3.05) is 6.54 Å². The Bertz CT molecular complexity index is 590. The zero-order chi connectivity index (χ0) is 13.8. The van der Waals surface area contributed by atoms with E-state index in [9.17, 15) is 4.39 Å². The SMILES string of the molecule is NCCc1ccc(Cl)cc1Oc1ccc(F)c(Cl)c1. The molecule has 2 nitrogen and oxygen atoms in total. The van der Waals surface area contributed by atoms with Gasteiger partial charge in [-0.3, -0.25) is 0 Å². The number of hydrogen-bond donors (Lipinski definition) is 1. The third-order valence-corrected chi connectivity index (χ3v) is 3.09. The second kappa shape index (κ2) is 6.24. The van der Waals surface area contributed by atoms with Crippen LogP contribution in [0.15, 0.2) is 36.4 Å². The highest BCUT2D eigenvalue weighted by Gasteiger charge is 2.07. The molecule has 0 atom stereocenters. The molecule has 0 aromatic heterocycles. The average molecular weight is 300 g/mol. The fourth-order valence-electron chi connectivity index (χ4n) is 1.65. The van der Waals surface area contributed by atoms with Crippen LogP contribution in [0.25, 0.3) is 0 Å². The first kappa shape index (κ1) is 14.1. The first-order valence-corrected chi connectivity index (χ1v) is 6.47. The van der Waals surface area contributed by atoms with Gasteiger partial charge in [-0.15, -0.1) is 0 Å². The minimum atomic E-state index is -0.484. The quantitative estimate of drug-likeness (QED) is 0.906. The molecule has 0 unspecified atom stereocenters. The maximum atomic E-state index is 13.1. The maximum absolute atomic E-state index is 13.1. The van der Waals surface area contributed by atoms with Gasteiger partial charge in [0.05, 0.1) is 5.02 Å². The molecule has 2 N–H and O–H groups in total. The van der Waals surface area contributed by atoms with Crippen molar-refractivity contribution < 1.29 is 9.13 Å². The summed E-state index contributed by atoms with van der Waals surface area (Å²) in [6.45, 7) is 0.502. The molecule has 0 heterocycles. The molecule has 0 saturated heterocycles. The van der Waals surface area contributed by atoms with Crippen molar-refractivity contribution in [2.24, 2.45) is 5.73 Å². The summed E-state index contributed by atoms with van der Waals surface area (Å²) in [5.41, 5.74) is 6.48. The monoisotopic (exact) mass is 299 g/mol. The number of ether oxygens (including phenoxy) is 1. The lowest BCUT2D eigenvalue weighted by atomic mass is 10.1. The van der Waals surface area contributed by atoms with Gasteiger partial charge in [0.1, 0.15) is 17.3 Å². The third-order valence-electron chi connectivity index (χ3n) is 2.56. The van der Waals surface area contributed by atoms with Crippen molar-refractivity contribution in [3.63, 3.8) is 0 Å². The molecular formula is C14H12Cl2FNO. The van der Waals surface area contributed by atoms with Gasteiger partial charge in [0.15, 0.2) is 0 Å². The first-order valence-electron chi connectivity index (χ1n) is 5.71. The van der Waals surface area contributed by atoms with Crippen LogP contribution < -0.4 is 10.5 Å². The highest BCUT2D eigenvalue weighted by molar-refractivity contribution is 6.31. The molecule has 0 amide bonds. The number of rotatable bonds is 4. The van der Waals surface area contributed by atoms with Crippen LogP contribution in [-0.4, -0.2) is 6.54 Å². The van der Waals surface area contributed by atoms with Gasteiger partial charge in [-0.25, -0.2) is 4.39 Å². The molecule has 2 aromatic carbocycles. The van der Waals surface area contributed by atoms with Crippen LogP contribution in [0.3, 0.4) is 0 Å². The number of benzene rings is 2. The Morgan fingerprint density at radius 2 is 1.89 bits per heavy atom. The molecule has 0 bridgehead atoms. The lowest BCUT2D eigenvalue weighted by Gasteiger charge is -2.11. The second-order valence-corrected chi connectivity index (χ2v) is 4.81. The molecular weight excluding hydrogens is 288 g/mol. The van der Waals surface area contributed by atoms with Gasteiger partial charge in [-0.05, 0) is 42.8 Å². The molecule has 0 fully saturated rings. The Morgan fingerprint density at radius 1 is 1.11 bits per heavy atom. The highest BCUT2D eigenvalue weighted by Crippen LogP contribution is 2.30. The van der Waals surface area contributed by atoms with Crippen molar-refractivity contribution in [1.29, 1.82) is 0 Å². The molecule has 0 saturated carbocycles.